The van der Waals surface area contributed by atoms with Crippen LogP contribution in [-0.4, -0.2) is 35.0 Å². The molecule has 0 aromatic heterocycles. The molecule has 0 unspecified atom stereocenters. The zero-order chi connectivity index (χ0) is 15.9. The molecule has 4 nitrogen and oxygen atoms in total. The molecular weight excluding hydrogens is 302 g/mol. The molecule has 0 bridgehead atoms. The van der Waals surface area contributed by atoms with Crippen LogP contribution in [0.2, 0.25) is 5.02 Å². The summed E-state index contributed by atoms with van der Waals surface area (Å²) in [7, 11) is 0. The van der Waals surface area contributed by atoms with E-state index in [4.69, 9.17) is 16.7 Å². The maximum Gasteiger partial charge on any atom is 0.303 e. The van der Waals surface area contributed by atoms with Gasteiger partial charge in [0.15, 0.2) is 0 Å². The Morgan fingerprint density at radius 1 is 1.27 bits per heavy atom. The number of hydrogen-bond acceptors (Lipinski definition) is 2. The minimum Gasteiger partial charge on any atom is -0.481 e. The summed E-state index contributed by atoms with van der Waals surface area (Å²) in [4.78, 5) is 24.9. The highest BCUT2D eigenvalue weighted by atomic mass is 35.5. The Kier molecular flexibility index (Phi) is 6.25. The summed E-state index contributed by atoms with van der Waals surface area (Å²) in [5, 5.41) is 9.46. The van der Waals surface area contributed by atoms with Crippen LogP contribution < -0.4 is 0 Å². The Balaban J connectivity index is 1.81. The molecule has 1 amide bonds. The highest BCUT2D eigenvalue weighted by molar-refractivity contribution is 6.31. The van der Waals surface area contributed by atoms with Crippen LogP contribution in [0.25, 0.3) is 0 Å². The number of nitrogens with zero attached hydrogens (tertiary/aromatic N) is 1. The molecule has 22 heavy (non-hydrogen) atoms. The molecule has 1 aliphatic rings. The van der Waals surface area contributed by atoms with Crippen LogP contribution in [-0.2, 0) is 16.0 Å². The number of piperidine rings is 1. The molecule has 0 saturated carbocycles. The summed E-state index contributed by atoms with van der Waals surface area (Å²) >= 11 is 6.11. The van der Waals surface area contributed by atoms with E-state index in [0.717, 1.165) is 24.9 Å². The Labute approximate surface area is 136 Å². The number of benzene rings is 1. The van der Waals surface area contributed by atoms with Gasteiger partial charge in [-0.05, 0) is 43.2 Å². The third-order valence-corrected chi connectivity index (χ3v) is 4.57. The normalized spacial score (nSPS) is 18.2. The number of carboxylic acid groups (broad SMARTS) is 1. The van der Waals surface area contributed by atoms with Crippen molar-refractivity contribution in [3.05, 3.63) is 34.9 Å². The smallest absolute Gasteiger partial charge is 0.303 e. The van der Waals surface area contributed by atoms with Crippen LogP contribution in [0.15, 0.2) is 24.3 Å². The van der Waals surface area contributed by atoms with Gasteiger partial charge in [0.05, 0.1) is 0 Å². The van der Waals surface area contributed by atoms with Crippen molar-refractivity contribution in [2.45, 2.75) is 38.5 Å². The van der Waals surface area contributed by atoms with Gasteiger partial charge in [-0.3, -0.25) is 9.59 Å². The van der Waals surface area contributed by atoms with E-state index in [-0.39, 0.29) is 12.3 Å². The zero-order valence-electron chi connectivity index (χ0n) is 12.6. The van der Waals surface area contributed by atoms with Crippen LogP contribution in [0.5, 0.6) is 0 Å². The van der Waals surface area contributed by atoms with E-state index >= 15 is 0 Å². The summed E-state index contributed by atoms with van der Waals surface area (Å²) in [6.07, 6.45) is 3.92. The second-order valence-corrected chi connectivity index (χ2v) is 6.28. The zero-order valence-corrected chi connectivity index (χ0v) is 13.4. The lowest BCUT2D eigenvalue weighted by Crippen LogP contribution is -2.40. The first-order chi connectivity index (χ1) is 10.6. The molecule has 1 atom stereocenters. The minimum atomic E-state index is -0.762. The monoisotopic (exact) mass is 323 g/mol. The molecule has 1 fully saturated rings. The maximum atomic E-state index is 12.3. The Morgan fingerprint density at radius 3 is 2.77 bits per heavy atom. The first-order valence-corrected chi connectivity index (χ1v) is 8.17. The van der Waals surface area contributed by atoms with Crippen LogP contribution in [0, 0.1) is 5.92 Å². The molecule has 0 radical (unpaired) electrons. The van der Waals surface area contributed by atoms with Crippen molar-refractivity contribution in [3.63, 3.8) is 0 Å². The SMILES string of the molecule is O=C(O)CC[C@H]1CCCN(C(=O)CCc2ccccc2Cl)C1. The topological polar surface area (TPSA) is 57.6 Å². The molecule has 120 valence electrons. The van der Waals surface area contributed by atoms with Gasteiger partial charge in [-0.25, -0.2) is 0 Å². The summed E-state index contributed by atoms with van der Waals surface area (Å²) in [5.74, 6) is -0.309. The molecule has 1 aromatic rings. The van der Waals surface area contributed by atoms with Crippen molar-refractivity contribution < 1.29 is 14.7 Å². The molecule has 0 spiro atoms. The minimum absolute atomic E-state index is 0.139. The predicted molar refractivity (Wildman–Crippen MR) is 85.9 cm³/mol. The fourth-order valence-electron chi connectivity index (χ4n) is 2.96. The first-order valence-electron chi connectivity index (χ1n) is 7.79. The van der Waals surface area contributed by atoms with Gasteiger partial charge in [0.25, 0.3) is 0 Å². The molecule has 1 heterocycles. The van der Waals surface area contributed by atoms with E-state index in [0.29, 0.717) is 36.7 Å². The molecule has 1 N–H and O–H groups in total. The summed E-state index contributed by atoms with van der Waals surface area (Å²) in [6.45, 7) is 1.47. The van der Waals surface area contributed by atoms with Crippen molar-refractivity contribution in [1.82, 2.24) is 4.90 Å². The average Bonchev–Trinajstić information content (AvgIpc) is 2.52. The van der Waals surface area contributed by atoms with E-state index in [1.807, 2.05) is 29.2 Å². The second kappa shape index (κ2) is 8.18. The highest BCUT2D eigenvalue weighted by Gasteiger charge is 2.23. The Bertz CT molecular complexity index is 532. The third kappa shape index (κ3) is 5.02. The van der Waals surface area contributed by atoms with Gasteiger partial charge in [0, 0.05) is 31.0 Å². The van der Waals surface area contributed by atoms with Gasteiger partial charge in [-0.1, -0.05) is 29.8 Å². The molecule has 1 saturated heterocycles. The molecule has 5 heteroatoms. The van der Waals surface area contributed by atoms with E-state index in [1.54, 1.807) is 0 Å². The maximum absolute atomic E-state index is 12.3. The van der Waals surface area contributed by atoms with Crippen molar-refractivity contribution in [2.24, 2.45) is 5.92 Å². The summed E-state index contributed by atoms with van der Waals surface area (Å²) in [6, 6.07) is 7.59. The van der Waals surface area contributed by atoms with Crippen molar-refractivity contribution in [1.29, 1.82) is 0 Å². The van der Waals surface area contributed by atoms with Gasteiger partial charge < -0.3 is 10.0 Å². The van der Waals surface area contributed by atoms with Gasteiger partial charge >= 0.3 is 5.97 Å². The number of carboxylic acids is 1. The summed E-state index contributed by atoms with van der Waals surface area (Å²) < 4.78 is 0. The lowest BCUT2D eigenvalue weighted by Gasteiger charge is -2.32. The van der Waals surface area contributed by atoms with Crippen molar-refractivity contribution >= 4 is 23.5 Å². The van der Waals surface area contributed by atoms with Gasteiger partial charge in [0.2, 0.25) is 5.91 Å². The quantitative estimate of drug-likeness (QED) is 0.873. The lowest BCUT2D eigenvalue weighted by molar-refractivity contribution is -0.137. The number of amides is 1. The molecule has 2 rings (SSSR count). The predicted octanol–water partition coefficient (Wildman–Crippen LogP) is 3.38. The Morgan fingerprint density at radius 2 is 2.05 bits per heavy atom. The molecule has 1 aliphatic heterocycles. The number of hydrogen-bond donors (Lipinski definition) is 1. The summed E-state index contributed by atoms with van der Waals surface area (Å²) in [5.41, 5.74) is 0.997. The van der Waals surface area contributed by atoms with Crippen LogP contribution in [0.3, 0.4) is 0 Å². The first kappa shape index (κ1) is 16.8. The number of rotatable bonds is 6. The Hall–Kier alpha value is -1.55. The number of likely N-dealkylation sites (tertiary alicyclic amines) is 1. The van der Waals surface area contributed by atoms with E-state index in [2.05, 4.69) is 0 Å². The third-order valence-electron chi connectivity index (χ3n) is 4.20. The molecule has 1 aromatic carbocycles. The lowest BCUT2D eigenvalue weighted by atomic mass is 9.93. The van der Waals surface area contributed by atoms with Gasteiger partial charge in [-0.15, -0.1) is 0 Å². The van der Waals surface area contributed by atoms with Crippen molar-refractivity contribution in [3.8, 4) is 0 Å². The molecule has 0 aliphatic carbocycles. The number of aliphatic carboxylic acids is 1. The van der Waals surface area contributed by atoms with Gasteiger partial charge in [-0.2, -0.15) is 0 Å². The van der Waals surface area contributed by atoms with Crippen LogP contribution in [0.1, 0.15) is 37.7 Å². The van der Waals surface area contributed by atoms with Gasteiger partial charge in [0.1, 0.15) is 0 Å². The standard InChI is InChI=1S/C17H22ClNO3/c18-15-6-2-1-5-14(15)8-9-16(20)19-11-3-4-13(12-19)7-10-17(21)22/h1-2,5-6,13H,3-4,7-12H2,(H,21,22)/t13-/m1/s1. The van der Waals surface area contributed by atoms with Crippen LogP contribution >= 0.6 is 11.6 Å². The number of aryl methyl sites for hydroxylation is 1. The van der Waals surface area contributed by atoms with E-state index < -0.39 is 5.97 Å². The van der Waals surface area contributed by atoms with Crippen LogP contribution in [0.4, 0.5) is 0 Å². The second-order valence-electron chi connectivity index (χ2n) is 5.87. The van der Waals surface area contributed by atoms with E-state index in [1.165, 1.54) is 0 Å². The molecular formula is C17H22ClNO3. The fraction of sp³-hybridized carbons (Fsp3) is 0.529. The number of carbonyl (C=O) groups excluding carboxylic acids is 1. The number of carbonyl (C=O) groups is 2. The van der Waals surface area contributed by atoms with Crippen molar-refractivity contribution in [2.75, 3.05) is 13.1 Å². The van der Waals surface area contributed by atoms with E-state index in [9.17, 15) is 9.59 Å². The largest absolute Gasteiger partial charge is 0.481 e. The number of halogens is 1. The average molecular weight is 324 g/mol. The fourth-order valence-corrected chi connectivity index (χ4v) is 3.19. The highest BCUT2D eigenvalue weighted by Crippen LogP contribution is 2.22.